The van der Waals surface area contributed by atoms with Gasteiger partial charge >= 0.3 is 0 Å². The Labute approximate surface area is 123 Å². The highest BCUT2D eigenvalue weighted by atomic mass is 32.2. The topological polar surface area (TPSA) is 69.6 Å². The number of hydrogen-bond acceptors (Lipinski definition) is 3. The molecule has 1 fully saturated rings. The summed E-state index contributed by atoms with van der Waals surface area (Å²) in [5, 5.41) is 9.44. The number of nitrogens with one attached hydrogen (secondary N) is 1. The standard InChI is InChI=1S/C14H30N2O3S/c1-5-13(17)6-9-15-20(18,19)16-10-7-12(8-11-16)14(2,3)4/h12-13,15,17H,5-11H2,1-4H3/t13-/m0/s1. The van der Waals surface area contributed by atoms with Crippen molar-refractivity contribution in [3.05, 3.63) is 0 Å². The van der Waals surface area contributed by atoms with Crippen LogP contribution in [0.5, 0.6) is 0 Å². The van der Waals surface area contributed by atoms with Gasteiger partial charge in [-0.05, 0) is 37.0 Å². The van der Waals surface area contributed by atoms with E-state index in [1.54, 1.807) is 0 Å². The van der Waals surface area contributed by atoms with E-state index in [2.05, 4.69) is 25.5 Å². The van der Waals surface area contributed by atoms with Crippen molar-refractivity contribution in [3.63, 3.8) is 0 Å². The van der Waals surface area contributed by atoms with Crippen molar-refractivity contribution in [3.8, 4) is 0 Å². The second-order valence-electron chi connectivity index (χ2n) is 6.79. The molecule has 20 heavy (non-hydrogen) atoms. The zero-order chi connectivity index (χ0) is 15.4. The van der Waals surface area contributed by atoms with E-state index in [-0.39, 0.29) is 5.41 Å². The van der Waals surface area contributed by atoms with Gasteiger partial charge in [-0.25, -0.2) is 4.72 Å². The summed E-state index contributed by atoms with van der Waals surface area (Å²) < 4.78 is 28.4. The molecule has 0 spiro atoms. The van der Waals surface area contributed by atoms with E-state index in [0.29, 0.717) is 38.4 Å². The van der Waals surface area contributed by atoms with Gasteiger partial charge in [0, 0.05) is 19.6 Å². The van der Waals surface area contributed by atoms with E-state index in [1.807, 2.05) is 6.92 Å². The van der Waals surface area contributed by atoms with Gasteiger partial charge in [-0.15, -0.1) is 0 Å². The zero-order valence-electron chi connectivity index (χ0n) is 13.2. The number of hydrogen-bond donors (Lipinski definition) is 2. The Hall–Kier alpha value is -0.170. The van der Waals surface area contributed by atoms with Gasteiger partial charge in [0.25, 0.3) is 10.2 Å². The molecule has 1 heterocycles. The average Bonchev–Trinajstić information content (AvgIpc) is 2.37. The molecule has 5 nitrogen and oxygen atoms in total. The summed E-state index contributed by atoms with van der Waals surface area (Å²) in [5.74, 6) is 0.580. The molecule has 0 saturated carbocycles. The van der Waals surface area contributed by atoms with Crippen LogP contribution in [-0.4, -0.2) is 43.6 Å². The molecule has 2 N–H and O–H groups in total. The van der Waals surface area contributed by atoms with Crippen molar-refractivity contribution in [2.45, 2.75) is 59.5 Å². The van der Waals surface area contributed by atoms with Crippen molar-refractivity contribution in [1.29, 1.82) is 0 Å². The fraction of sp³-hybridized carbons (Fsp3) is 1.00. The van der Waals surface area contributed by atoms with Crippen LogP contribution in [0.2, 0.25) is 0 Å². The highest BCUT2D eigenvalue weighted by Crippen LogP contribution is 2.34. The van der Waals surface area contributed by atoms with Gasteiger partial charge in [0.2, 0.25) is 0 Å². The third kappa shape index (κ3) is 5.31. The number of aliphatic hydroxyl groups is 1. The molecule has 1 aliphatic rings. The molecule has 0 amide bonds. The van der Waals surface area contributed by atoms with E-state index in [4.69, 9.17) is 0 Å². The predicted molar refractivity (Wildman–Crippen MR) is 81.6 cm³/mol. The highest BCUT2D eigenvalue weighted by Gasteiger charge is 2.32. The molecule has 0 aromatic rings. The second kappa shape index (κ2) is 7.20. The molecule has 0 aliphatic carbocycles. The Morgan fingerprint density at radius 1 is 1.30 bits per heavy atom. The lowest BCUT2D eigenvalue weighted by atomic mass is 9.76. The molecule has 0 aromatic carbocycles. The fourth-order valence-corrected chi connectivity index (χ4v) is 3.86. The third-order valence-electron chi connectivity index (χ3n) is 4.25. The summed E-state index contributed by atoms with van der Waals surface area (Å²) in [7, 11) is -3.38. The average molecular weight is 306 g/mol. The van der Waals surface area contributed by atoms with E-state index in [1.165, 1.54) is 4.31 Å². The molecular formula is C14H30N2O3S. The van der Waals surface area contributed by atoms with Crippen LogP contribution in [-0.2, 0) is 10.2 Å². The normalized spacial score (nSPS) is 21.1. The zero-order valence-corrected chi connectivity index (χ0v) is 14.0. The summed E-state index contributed by atoms with van der Waals surface area (Å²) in [6, 6.07) is 0. The summed E-state index contributed by atoms with van der Waals surface area (Å²) in [6.45, 7) is 10.0. The van der Waals surface area contributed by atoms with Gasteiger partial charge in [-0.1, -0.05) is 27.7 Å². The molecule has 0 aromatic heterocycles. The minimum absolute atomic E-state index is 0.245. The smallest absolute Gasteiger partial charge is 0.279 e. The van der Waals surface area contributed by atoms with E-state index < -0.39 is 16.3 Å². The van der Waals surface area contributed by atoms with Crippen molar-refractivity contribution < 1.29 is 13.5 Å². The maximum absolute atomic E-state index is 12.1. The monoisotopic (exact) mass is 306 g/mol. The van der Waals surface area contributed by atoms with Crippen molar-refractivity contribution in [2.24, 2.45) is 11.3 Å². The number of piperidine rings is 1. The summed E-state index contributed by atoms with van der Waals surface area (Å²) >= 11 is 0. The van der Waals surface area contributed by atoms with E-state index in [9.17, 15) is 13.5 Å². The Morgan fingerprint density at radius 2 is 1.85 bits per heavy atom. The Morgan fingerprint density at radius 3 is 2.30 bits per heavy atom. The minimum atomic E-state index is -3.38. The summed E-state index contributed by atoms with van der Waals surface area (Å²) in [5.41, 5.74) is 0.245. The lowest BCUT2D eigenvalue weighted by molar-refractivity contribution is 0.151. The van der Waals surface area contributed by atoms with Crippen LogP contribution in [0.1, 0.15) is 53.4 Å². The molecule has 1 rings (SSSR count). The van der Waals surface area contributed by atoms with Crippen LogP contribution in [0.4, 0.5) is 0 Å². The van der Waals surface area contributed by atoms with Gasteiger partial charge in [-0.3, -0.25) is 0 Å². The number of rotatable bonds is 6. The molecule has 120 valence electrons. The highest BCUT2D eigenvalue weighted by molar-refractivity contribution is 7.87. The van der Waals surface area contributed by atoms with Gasteiger partial charge in [-0.2, -0.15) is 12.7 Å². The first-order valence-corrected chi connectivity index (χ1v) is 9.03. The molecule has 1 saturated heterocycles. The maximum atomic E-state index is 12.1. The fourth-order valence-electron chi connectivity index (χ4n) is 2.61. The second-order valence-corrected chi connectivity index (χ2v) is 8.54. The molecule has 0 bridgehead atoms. The molecule has 1 atom stereocenters. The van der Waals surface area contributed by atoms with Gasteiger partial charge < -0.3 is 5.11 Å². The third-order valence-corrected chi connectivity index (χ3v) is 5.87. The van der Waals surface area contributed by atoms with Crippen LogP contribution in [0, 0.1) is 11.3 Å². The molecule has 6 heteroatoms. The van der Waals surface area contributed by atoms with Crippen LogP contribution < -0.4 is 4.72 Å². The quantitative estimate of drug-likeness (QED) is 0.785. The van der Waals surface area contributed by atoms with Gasteiger partial charge in [0.1, 0.15) is 0 Å². The first-order valence-electron chi connectivity index (χ1n) is 7.59. The van der Waals surface area contributed by atoms with Crippen LogP contribution in [0.25, 0.3) is 0 Å². The van der Waals surface area contributed by atoms with Crippen LogP contribution in [0.3, 0.4) is 0 Å². The SMILES string of the molecule is CC[C@H](O)CCNS(=O)(=O)N1CCC(C(C)(C)C)CC1. The number of aliphatic hydroxyl groups excluding tert-OH is 1. The summed E-state index contributed by atoms with van der Waals surface area (Å²) in [4.78, 5) is 0. The molecule has 1 aliphatic heterocycles. The molecule has 0 radical (unpaired) electrons. The first-order chi connectivity index (χ1) is 9.16. The molecular weight excluding hydrogens is 276 g/mol. The lowest BCUT2D eigenvalue weighted by Crippen LogP contribution is -2.47. The summed E-state index contributed by atoms with van der Waals surface area (Å²) in [6.07, 6.45) is 2.53. The Kier molecular flexibility index (Phi) is 6.44. The van der Waals surface area contributed by atoms with Crippen molar-refractivity contribution in [1.82, 2.24) is 9.03 Å². The van der Waals surface area contributed by atoms with Gasteiger partial charge in [0.05, 0.1) is 6.10 Å². The van der Waals surface area contributed by atoms with Crippen LogP contribution in [0.15, 0.2) is 0 Å². The first kappa shape index (κ1) is 17.9. The Bertz CT molecular complexity index is 382. The minimum Gasteiger partial charge on any atom is -0.393 e. The van der Waals surface area contributed by atoms with Crippen molar-refractivity contribution in [2.75, 3.05) is 19.6 Å². The Balaban J connectivity index is 2.43. The van der Waals surface area contributed by atoms with E-state index >= 15 is 0 Å². The lowest BCUT2D eigenvalue weighted by Gasteiger charge is -2.38. The van der Waals surface area contributed by atoms with E-state index in [0.717, 1.165) is 12.8 Å². The van der Waals surface area contributed by atoms with Crippen molar-refractivity contribution >= 4 is 10.2 Å². The predicted octanol–water partition coefficient (Wildman–Crippen LogP) is 1.74. The molecule has 0 unspecified atom stereocenters. The van der Waals surface area contributed by atoms with Gasteiger partial charge in [0.15, 0.2) is 0 Å². The largest absolute Gasteiger partial charge is 0.393 e. The number of nitrogens with zero attached hydrogens (tertiary/aromatic N) is 1. The maximum Gasteiger partial charge on any atom is 0.279 e. The van der Waals surface area contributed by atoms with Crippen LogP contribution >= 0.6 is 0 Å².